The number of benzene rings is 1. The van der Waals surface area contributed by atoms with Gasteiger partial charge in [-0.1, -0.05) is 23.2 Å². The predicted octanol–water partition coefficient (Wildman–Crippen LogP) is 3.25. The highest BCUT2D eigenvalue weighted by Gasteiger charge is 2.38. The second kappa shape index (κ2) is 7.54. The van der Waals surface area contributed by atoms with Crippen molar-refractivity contribution < 1.29 is 17.6 Å². The molecule has 1 atom stereocenters. The van der Waals surface area contributed by atoms with E-state index in [1.165, 1.54) is 12.1 Å². The van der Waals surface area contributed by atoms with E-state index in [-0.39, 0.29) is 35.6 Å². The molecule has 0 fully saturated rings. The Morgan fingerprint density at radius 3 is 2.76 bits per heavy atom. The molecule has 0 aliphatic carbocycles. The minimum absolute atomic E-state index is 0.0667. The van der Waals surface area contributed by atoms with Gasteiger partial charge in [0.05, 0.1) is 17.6 Å². The fourth-order valence-corrected chi connectivity index (χ4v) is 3.68. The summed E-state index contributed by atoms with van der Waals surface area (Å²) >= 11 is 12.3. The van der Waals surface area contributed by atoms with E-state index in [0.29, 0.717) is 29.5 Å². The molecule has 3 heterocycles. The van der Waals surface area contributed by atoms with Crippen molar-refractivity contribution in [2.24, 2.45) is 10.1 Å². The maximum atomic E-state index is 13.9. The van der Waals surface area contributed by atoms with E-state index in [1.54, 1.807) is 0 Å². The van der Waals surface area contributed by atoms with Crippen molar-refractivity contribution in [2.75, 3.05) is 13.1 Å². The number of aromatic nitrogens is 3. The first-order chi connectivity index (χ1) is 13.7. The molecule has 1 aromatic carbocycles. The van der Waals surface area contributed by atoms with Gasteiger partial charge in [0.25, 0.3) is 0 Å². The maximum absolute atomic E-state index is 13.9. The molecule has 13 heteroatoms. The summed E-state index contributed by atoms with van der Waals surface area (Å²) in [7, 11) is 0. The number of hydrogen-bond donors (Lipinski definition) is 2. The second-order valence-corrected chi connectivity index (χ2v) is 7.24. The summed E-state index contributed by atoms with van der Waals surface area (Å²) in [6.45, 7) is 1.22. The third-order valence-corrected chi connectivity index (χ3v) is 5.39. The number of H-pyrrole nitrogens is 1. The van der Waals surface area contributed by atoms with Gasteiger partial charge in [-0.05, 0) is 12.1 Å². The standard InChI is InChI=1S/C16H13Cl2F4N7/c17-8-1-2-9(19)12(18)7(8)6-29-4-3-23-14-11(29)5-10(25-27-14)13-24-15(28-26-13)16(20,21)22/h1-2,11H,3-6H2,(H,23,27)(H,24,26,28). The lowest BCUT2D eigenvalue weighted by atomic mass is 10.0. The maximum Gasteiger partial charge on any atom is 0.451 e. The Labute approximate surface area is 171 Å². The van der Waals surface area contributed by atoms with Crippen molar-refractivity contribution in [3.05, 3.63) is 45.2 Å². The number of hydrogen-bond acceptors (Lipinski definition) is 6. The van der Waals surface area contributed by atoms with E-state index in [2.05, 4.69) is 25.6 Å². The molecular formula is C16H13Cl2F4N7. The number of alkyl halides is 3. The van der Waals surface area contributed by atoms with Crippen molar-refractivity contribution >= 4 is 34.7 Å². The van der Waals surface area contributed by atoms with Crippen LogP contribution in [-0.2, 0) is 12.7 Å². The van der Waals surface area contributed by atoms with Crippen LogP contribution in [-0.4, -0.2) is 50.8 Å². The number of rotatable bonds is 3. The molecule has 0 amide bonds. The van der Waals surface area contributed by atoms with E-state index >= 15 is 0 Å². The molecule has 4 rings (SSSR count). The van der Waals surface area contributed by atoms with Crippen LogP contribution in [0, 0.1) is 5.82 Å². The van der Waals surface area contributed by atoms with Crippen LogP contribution in [0.15, 0.2) is 22.2 Å². The topological polar surface area (TPSA) is 81.6 Å². The zero-order valence-corrected chi connectivity index (χ0v) is 16.1. The Bertz CT molecular complexity index is 1000. The molecule has 7 nitrogen and oxygen atoms in total. The monoisotopic (exact) mass is 449 g/mol. The van der Waals surface area contributed by atoms with Crippen LogP contribution in [0.1, 0.15) is 23.6 Å². The largest absolute Gasteiger partial charge is 0.451 e. The zero-order valence-electron chi connectivity index (χ0n) is 14.6. The van der Waals surface area contributed by atoms with Gasteiger partial charge in [-0.3, -0.25) is 20.4 Å². The van der Waals surface area contributed by atoms with Crippen LogP contribution in [0.4, 0.5) is 17.6 Å². The molecule has 2 N–H and O–H groups in total. The van der Waals surface area contributed by atoms with Gasteiger partial charge in [-0.15, -0.1) is 0 Å². The summed E-state index contributed by atoms with van der Waals surface area (Å²) in [5.74, 6) is -1.39. The fraction of sp³-hybridized carbons (Fsp3) is 0.375. The first-order valence-corrected chi connectivity index (χ1v) is 9.23. The molecule has 29 heavy (non-hydrogen) atoms. The van der Waals surface area contributed by atoms with Crippen molar-refractivity contribution in [3.63, 3.8) is 0 Å². The number of hydrazone groups is 1. The van der Waals surface area contributed by atoms with Crippen LogP contribution < -0.4 is 5.43 Å². The van der Waals surface area contributed by atoms with E-state index in [0.717, 1.165) is 0 Å². The van der Waals surface area contributed by atoms with Crippen LogP contribution in [0.5, 0.6) is 0 Å². The molecule has 1 aromatic heterocycles. The van der Waals surface area contributed by atoms with Gasteiger partial charge in [0.15, 0.2) is 5.82 Å². The quantitative estimate of drug-likeness (QED) is 0.556. The average Bonchev–Trinajstić information content (AvgIpc) is 3.19. The SMILES string of the molecule is Fc1ccc(Cl)c(CN2CCN=C3NN=C(c4n[nH]c(C(F)(F)F)n4)CC32)c1Cl. The first kappa shape index (κ1) is 20.0. The first-order valence-electron chi connectivity index (χ1n) is 8.47. The molecule has 2 aliphatic heterocycles. The van der Waals surface area contributed by atoms with Crippen molar-refractivity contribution in [3.8, 4) is 0 Å². The minimum Gasteiger partial charge on any atom is -0.287 e. The third kappa shape index (κ3) is 3.94. The lowest BCUT2D eigenvalue weighted by Crippen LogP contribution is -2.53. The second-order valence-electron chi connectivity index (χ2n) is 6.45. The van der Waals surface area contributed by atoms with Crippen LogP contribution >= 0.6 is 23.2 Å². The van der Waals surface area contributed by atoms with Gasteiger partial charge in [0, 0.05) is 30.1 Å². The number of fused-ring (bicyclic) bond motifs is 1. The number of nitrogens with one attached hydrogen (secondary N) is 2. The highest BCUT2D eigenvalue weighted by Crippen LogP contribution is 2.31. The lowest BCUT2D eigenvalue weighted by Gasteiger charge is -2.37. The fourth-order valence-electron chi connectivity index (χ4n) is 3.19. The molecule has 0 bridgehead atoms. The molecule has 2 aliphatic rings. The van der Waals surface area contributed by atoms with E-state index in [9.17, 15) is 17.6 Å². The summed E-state index contributed by atoms with van der Waals surface area (Å²) in [5, 5.41) is 9.80. The highest BCUT2D eigenvalue weighted by molar-refractivity contribution is 6.36. The predicted molar refractivity (Wildman–Crippen MR) is 98.6 cm³/mol. The Morgan fingerprint density at radius 2 is 2.03 bits per heavy atom. The normalized spacial score (nSPS) is 20.0. The molecule has 154 valence electrons. The molecule has 0 radical (unpaired) electrons. The molecule has 2 aromatic rings. The Balaban J connectivity index is 1.58. The molecule has 1 unspecified atom stereocenters. The number of amidine groups is 1. The zero-order chi connectivity index (χ0) is 20.8. The smallest absolute Gasteiger partial charge is 0.287 e. The van der Waals surface area contributed by atoms with Crippen LogP contribution in [0.3, 0.4) is 0 Å². The van der Waals surface area contributed by atoms with Gasteiger partial charge >= 0.3 is 6.18 Å². The minimum atomic E-state index is -4.64. The molecule has 0 spiro atoms. The molecule has 0 saturated heterocycles. The van der Waals surface area contributed by atoms with Crippen molar-refractivity contribution in [2.45, 2.75) is 25.2 Å². The number of nitrogens with zero attached hydrogens (tertiary/aromatic N) is 5. The third-order valence-electron chi connectivity index (χ3n) is 4.63. The van der Waals surface area contributed by atoms with Crippen LogP contribution in [0.25, 0.3) is 0 Å². The summed E-state index contributed by atoms with van der Waals surface area (Å²) < 4.78 is 52.2. The Kier molecular flexibility index (Phi) is 5.21. The average molecular weight is 450 g/mol. The van der Waals surface area contributed by atoms with Crippen LogP contribution in [0.2, 0.25) is 10.0 Å². The Hall–Kier alpha value is -2.24. The number of aliphatic imine (C=N–C) groups is 1. The summed E-state index contributed by atoms with van der Waals surface area (Å²) in [6.07, 6.45) is -4.42. The summed E-state index contributed by atoms with van der Waals surface area (Å²) in [6, 6.07) is 2.26. The van der Waals surface area contributed by atoms with Crippen molar-refractivity contribution in [1.82, 2.24) is 25.5 Å². The molecule has 0 saturated carbocycles. The van der Waals surface area contributed by atoms with Gasteiger partial charge < -0.3 is 0 Å². The number of halogens is 6. The van der Waals surface area contributed by atoms with E-state index in [1.807, 2.05) is 10.00 Å². The van der Waals surface area contributed by atoms with E-state index in [4.69, 9.17) is 23.2 Å². The number of aromatic amines is 1. The van der Waals surface area contributed by atoms with Gasteiger partial charge in [0.2, 0.25) is 5.82 Å². The summed E-state index contributed by atoms with van der Waals surface area (Å²) in [5.41, 5.74) is 3.42. The molecular weight excluding hydrogens is 437 g/mol. The van der Waals surface area contributed by atoms with Gasteiger partial charge in [-0.2, -0.15) is 23.4 Å². The van der Waals surface area contributed by atoms with Crippen molar-refractivity contribution in [1.29, 1.82) is 0 Å². The Morgan fingerprint density at radius 1 is 1.24 bits per heavy atom. The van der Waals surface area contributed by atoms with Gasteiger partial charge in [-0.25, -0.2) is 9.37 Å². The van der Waals surface area contributed by atoms with E-state index < -0.39 is 17.8 Å². The van der Waals surface area contributed by atoms with Gasteiger partial charge in [0.1, 0.15) is 17.4 Å². The highest BCUT2D eigenvalue weighted by atomic mass is 35.5. The lowest BCUT2D eigenvalue weighted by molar-refractivity contribution is -0.144. The summed E-state index contributed by atoms with van der Waals surface area (Å²) in [4.78, 5) is 9.80.